The lowest BCUT2D eigenvalue weighted by Gasteiger charge is -2.41. The zero-order chi connectivity index (χ0) is 20.4. The normalized spacial score (nSPS) is 20.3. The number of carbonyl (C=O) groups excluding carboxylic acids is 1. The number of aromatic nitrogens is 1. The smallest absolute Gasteiger partial charge is 0.321 e. The Hall–Kier alpha value is -2.64. The van der Waals surface area contributed by atoms with Gasteiger partial charge in [0.15, 0.2) is 0 Å². The minimum Gasteiger partial charge on any atom is -0.485 e. The second-order valence-corrected chi connectivity index (χ2v) is 8.32. The molecule has 0 saturated carbocycles. The molecule has 7 nitrogen and oxygen atoms in total. The molecule has 2 aromatic rings. The molecule has 0 radical (unpaired) electrons. The van der Waals surface area contributed by atoms with Gasteiger partial charge in [-0.3, -0.25) is 4.98 Å². The molecule has 2 N–H and O–H groups in total. The highest BCUT2D eigenvalue weighted by molar-refractivity contribution is 5.89. The van der Waals surface area contributed by atoms with E-state index in [0.29, 0.717) is 26.3 Å². The second-order valence-electron chi connectivity index (χ2n) is 8.32. The number of hydrogen-bond acceptors (Lipinski definition) is 5. The third kappa shape index (κ3) is 4.00. The summed E-state index contributed by atoms with van der Waals surface area (Å²) < 4.78 is 11.7. The number of morpholine rings is 1. The van der Waals surface area contributed by atoms with Crippen molar-refractivity contribution in [3.63, 3.8) is 0 Å². The van der Waals surface area contributed by atoms with Crippen LogP contribution in [0.25, 0.3) is 11.3 Å². The molecule has 5 rings (SSSR count). The predicted molar refractivity (Wildman–Crippen MR) is 115 cm³/mol. The highest BCUT2D eigenvalue weighted by Gasteiger charge is 2.37. The van der Waals surface area contributed by atoms with Gasteiger partial charge in [-0.15, -0.1) is 0 Å². The van der Waals surface area contributed by atoms with Crippen molar-refractivity contribution < 1.29 is 14.3 Å². The summed E-state index contributed by atoms with van der Waals surface area (Å²) in [6.45, 7) is 4.49. The van der Waals surface area contributed by atoms with Crippen LogP contribution < -0.4 is 15.4 Å². The summed E-state index contributed by atoms with van der Waals surface area (Å²) in [5, 5.41) is 6.37. The molecule has 3 aliphatic rings. The molecule has 7 heteroatoms. The number of urea groups is 1. The van der Waals surface area contributed by atoms with Gasteiger partial charge < -0.3 is 25.0 Å². The summed E-state index contributed by atoms with van der Waals surface area (Å²) in [6, 6.07) is 9.92. The Bertz CT molecular complexity index is 903. The van der Waals surface area contributed by atoms with Crippen molar-refractivity contribution in [1.29, 1.82) is 0 Å². The number of nitrogens with zero attached hydrogens (tertiary/aromatic N) is 2. The zero-order valence-corrected chi connectivity index (χ0v) is 17.2. The number of rotatable bonds is 2. The minimum absolute atomic E-state index is 0.0121. The van der Waals surface area contributed by atoms with E-state index in [1.807, 2.05) is 30.5 Å². The maximum absolute atomic E-state index is 12.3. The Balaban J connectivity index is 1.26. The molecule has 0 unspecified atom stereocenters. The maximum atomic E-state index is 12.3. The highest BCUT2D eigenvalue weighted by Crippen LogP contribution is 2.39. The number of amides is 2. The number of aryl methyl sites for hydroxylation is 1. The van der Waals surface area contributed by atoms with Crippen LogP contribution in [0, 0.1) is 0 Å². The fourth-order valence-electron chi connectivity index (χ4n) is 4.50. The third-order valence-electron chi connectivity index (χ3n) is 6.37. The van der Waals surface area contributed by atoms with E-state index in [9.17, 15) is 4.79 Å². The number of piperidine rings is 1. The SMILES string of the molecule is O=C(Nc1ccc(-c2cc3c(cn2)OC2(CCNCC2)CC3)cc1)N1CCOCC1. The van der Waals surface area contributed by atoms with Crippen molar-refractivity contribution in [2.45, 2.75) is 31.3 Å². The summed E-state index contributed by atoms with van der Waals surface area (Å²) in [5.74, 6) is 0.932. The Morgan fingerprint density at radius 1 is 1.10 bits per heavy atom. The number of anilines is 1. The summed E-state index contributed by atoms with van der Waals surface area (Å²) >= 11 is 0. The molecular weight excluding hydrogens is 380 g/mol. The fourth-order valence-corrected chi connectivity index (χ4v) is 4.50. The Morgan fingerprint density at radius 3 is 2.63 bits per heavy atom. The average molecular weight is 409 g/mol. The molecule has 4 heterocycles. The van der Waals surface area contributed by atoms with Crippen molar-refractivity contribution >= 4 is 11.7 Å². The molecule has 1 aromatic carbocycles. The highest BCUT2D eigenvalue weighted by atomic mass is 16.5. The van der Waals surface area contributed by atoms with E-state index in [0.717, 1.165) is 61.5 Å². The van der Waals surface area contributed by atoms with Gasteiger partial charge in [0.25, 0.3) is 0 Å². The number of pyridine rings is 1. The van der Waals surface area contributed by atoms with E-state index in [2.05, 4.69) is 21.7 Å². The van der Waals surface area contributed by atoms with Crippen molar-refractivity contribution in [3.05, 3.63) is 42.1 Å². The topological polar surface area (TPSA) is 75.7 Å². The molecule has 2 fully saturated rings. The fraction of sp³-hybridized carbons (Fsp3) is 0.478. The summed E-state index contributed by atoms with van der Waals surface area (Å²) in [7, 11) is 0. The van der Waals surface area contributed by atoms with Crippen LogP contribution >= 0.6 is 0 Å². The molecule has 0 bridgehead atoms. The average Bonchev–Trinajstić information content (AvgIpc) is 2.80. The van der Waals surface area contributed by atoms with Gasteiger partial charge in [0.2, 0.25) is 0 Å². The van der Waals surface area contributed by atoms with Crippen LogP contribution in [0.15, 0.2) is 36.5 Å². The van der Waals surface area contributed by atoms with Gasteiger partial charge in [0, 0.05) is 24.3 Å². The maximum Gasteiger partial charge on any atom is 0.321 e. The molecule has 0 atom stereocenters. The molecular formula is C23H28N4O3. The lowest BCUT2D eigenvalue weighted by Crippen LogP contribution is -2.48. The van der Waals surface area contributed by atoms with E-state index in [4.69, 9.17) is 9.47 Å². The van der Waals surface area contributed by atoms with Crippen LogP contribution in [0.5, 0.6) is 5.75 Å². The van der Waals surface area contributed by atoms with E-state index in [-0.39, 0.29) is 11.6 Å². The first-order valence-electron chi connectivity index (χ1n) is 10.8. The van der Waals surface area contributed by atoms with Crippen LogP contribution in [0.1, 0.15) is 24.8 Å². The monoisotopic (exact) mass is 408 g/mol. The molecule has 0 aliphatic carbocycles. The molecule has 3 aliphatic heterocycles. The van der Waals surface area contributed by atoms with E-state index >= 15 is 0 Å². The number of nitrogens with one attached hydrogen (secondary N) is 2. The molecule has 2 saturated heterocycles. The minimum atomic E-state index is -0.0815. The first-order valence-corrected chi connectivity index (χ1v) is 10.8. The van der Waals surface area contributed by atoms with E-state index < -0.39 is 0 Å². The van der Waals surface area contributed by atoms with Crippen LogP contribution in [0.3, 0.4) is 0 Å². The first kappa shape index (κ1) is 19.3. The van der Waals surface area contributed by atoms with Crippen LogP contribution in [0.4, 0.5) is 10.5 Å². The Morgan fingerprint density at radius 2 is 1.87 bits per heavy atom. The van der Waals surface area contributed by atoms with Crippen molar-refractivity contribution in [3.8, 4) is 17.0 Å². The number of hydrogen-bond donors (Lipinski definition) is 2. The van der Waals surface area contributed by atoms with Gasteiger partial charge in [-0.2, -0.15) is 0 Å². The number of ether oxygens (including phenoxy) is 2. The van der Waals surface area contributed by atoms with Gasteiger partial charge in [-0.1, -0.05) is 12.1 Å². The number of carbonyl (C=O) groups is 1. The van der Waals surface area contributed by atoms with Gasteiger partial charge in [0.05, 0.1) is 25.1 Å². The van der Waals surface area contributed by atoms with Crippen molar-refractivity contribution in [2.24, 2.45) is 0 Å². The summed E-state index contributed by atoms with van der Waals surface area (Å²) in [4.78, 5) is 18.8. The molecule has 1 aromatic heterocycles. The van der Waals surface area contributed by atoms with Gasteiger partial charge >= 0.3 is 6.03 Å². The van der Waals surface area contributed by atoms with Crippen LogP contribution in [0.2, 0.25) is 0 Å². The third-order valence-corrected chi connectivity index (χ3v) is 6.37. The number of benzene rings is 1. The quantitative estimate of drug-likeness (QED) is 0.799. The van der Waals surface area contributed by atoms with Crippen molar-refractivity contribution in [1.82, 2.24) is 15.2 Å². The van der Waals surface area contributed by atoms with Gasteiger partial charge in [-0.05, 0) is 62.5 Å². The van der Waals surface area contributed by atoms with Crippen molar-refractivity contribution in [2.75, 3.05) is 44.7 Å². The molecule has 30 heavy (non-hydrogen) atoms. The number of fused-ring (bicyclic) bond motifs is 1. The predicted octanol–water partition coefficient (Wildman–Crippen LogP) is 3.06. The van der Waals surface area contributed by atoms with Gasteiger partial charge in [0.1, 0.15) is 11.4 Å². The lowest BCUT2D eigenvalue weighted by atomic mass is 9.84. The van der Waals surface area contributed by atoms with Crippen LogP contribution in [-0.4, -0.2) is 60.9 Å². The second kappa shape index (κ2) is 8.24. The van der Waals surface area contributed by atoms with E-state index in [1.165, 1.54) is 5.56 Å². The lowest BCUT2D eigenvalue weighted by molar-refractivity contribution is 0.0166. The molecule has 1 spiro atoms. The Kier molecular flexibility index (Phi) is 5.31. The summed E-state index contributed by atoms with van der Waals surface area (Å²) in [6.07, 6.45) is 6.09. The standard InChI is InChI=1S/C23H28N4O3/c28-22(27-11-13-29-14-12-27)26-19-3-1-17(2-4-19)20-15-18-5-6-23(7-9-24-10-8-23)30-21(18)16-25-20/h1-4,15-16,24H,5-14H2,(H,26,28). The summed E-state index contributed by atoms with van der Waals surface area (Å²) in [5.41, 5.74) is 3.97. The molecule has 2 amide bonds. The zero-order valence-electron chi connectivity index (χ0n) is 17.2. The van der Waals surface area contributed by atoms with Gasteiger partial charge in [-0.25, -0.2) is 4.79 Å². The van der Waals surface area contributed by atoms with Crippen LogP contribution in [-0.2, 0) is 11.2 Å². The van der Waals surface area contributed by atoms with E-state index in [1.54, 1.807) is 4.90 Å². The first-order chi connectivity index (χ1) is 14.7. The largest absolute Gasteiger partial charge is 0.485 e. The Labute approximate surface area is 176 Å². The molecule has 158 valence electrons.